The van der Waals surface area contributed by atoms with Crippen LogP contribution < -0.4 is 0 Å². The minimum Gasteiger partial charge on any atom is -0.204 e. The van der Waals surface area contributed by atoms with E-state index in [1.54, 1.807) is 19.9 Å². The lowest BCUT2D eigenvalue weighted by atomic mass is 10.1. The standard InChI is InChI=1S/C8H7Cl2F/c1-4-3-5(2)7(10)8(11)6(4)9/h3H,1-2H3. The van der Waals surface area contributed by atoms with Crippen molar-refractivity contribution in [1.29, 1.82) is 0 Å². The van der Waals surface area contributed by atoms with Crippen molar-refractivity contribution in [1.82, 2.24) is 0 Å². The molecule has 0 aliphatic rings. The molecule has 0 aliphatic carbocycles. The van der Waals surface area contributed by atoms with Crippen LogP contribution in [0.1, 0.15) is 11.1 Å². The van der Waals surface area contributed by atoms with Crippen molar-refractivity contribution in [2.24, 2.45) is 0 Å². The molecule has 0 nitrogen and oxygen atoms in total. The maximum atomic E-state index is 13.0. The van der Waals surface area contributed by atoms with Crippen molar-refractivity contribution in [2.75, 3.05) is 0 Å². The third-order valence-corrected chi connectivity index (χ3v) is 2.44. The minimum atomic E-state index is -0.522. The second-order valence-electron chi connectivity index (χ2n) is 2.45. The fourth-order valence-corrected chi connectivity index (χ4v) is 1.24. The topological polar surface area (TPSA) is 0 Å². The monoisotopic (exact) mass is 192 g/mol. The molecule has 0 amide bonds. The molecule has 0 aromatic heterocycles. The number of benzene rings is 1. The van der Waals surface area contributed by atoms with E-state index in [0.29, 0.717) is 11.1 Å². The summed E-state index contributed by atoms with van der Waals surface area (Å²) in [4.78, 5) is 0. The highest BCUT2D eigenvalue weighted by Crippen LogP contribution is 2.28. The van der Waals surface area contributed by atoms with E-state index in [1.807, 2.05) is 0 Å². The van der Waals surface area contributed by atoms with Gasteiger partial charge in [-0.25, -0.2) is 4.39 Å². The van der Waals surface area contributed by atoms with Crippen LogP contribution in [-0.4, -0.2) is 0 Å². The van der Waals surface area contributed by atoms with Crippen LogP contribution in [0, 0.1) is 19.7 Å². The Morgan fingerprint density at radius 3 is 1.82 bits per heavy atom. The Balaban J connectivity index is 3.46. The van der Waals surface area contributed by atoms with Crippen LogP contribution >= 0.6 is 23.2 Å². The lowest BCUT2D eigenvalue weighted by Crippen LogP contribution is -1.87. The number of halogens is 3. The van der Waals surface area contributed by atoms with Crippen LogP contribution in [0.4, 0.5) is 4.39 Å². The highest BCUT2D eigenvalue weighted by Gasteiger charge is 2.09. The van der Waals surface area contributed by atoms with Gasteiger partial charge in [-0.3, -0.25) is 0 Å². The first-order chi connectivity index (χ1) is 5.04. The molecular weight excluding hydrogens is 186 g/mol. The Bertz CT molecular complexity index is 268. The van der Waals surface area contributed by atoms with Gasteiger partial charge in [0.15, 0.2) is 5.82 Å². The zero-order valence-corrected chi connectivity index (χ0v) is 7.72. The molecular formula is C8H7Cl2F. The predicted molar refractivity (Wildman–Crippen MR) is 45.9 cm³/mol. The molecule has 0 fully saturated rings. The number of hydrogen-bond acceptors (Lipinski definition) is 0. The van der Waals surface area contributed by atoms with Gasteiger partial charge < -0.3 is 0 Å². The number of rotatable bonds is 0. The molecule has 0 saturated carbocycles. The maximum absolute atomic E-state index is 13.0. The Labute approximate surface area is 74.9 Å². The molecule has 0 saturated heterocycles. The van der Waals surface area contributed by atoms with Crippen molar-refractivity contribution < 1.29 is 4.39 Å². The van der Waals surface area contributed by atoms with E-state index in [9.17, 15) is 4.39 Å². The average molecular weight is 193 g/mol. The van der Waals surface area contributed by atoms with Gasteiger partial charge in [0, 0.05) is 0 Å². The summed E-state index contributed by atoms with van der Waals surface area (Å²) in [5.41, 5.74) is 1.43. The van der Waals surface area contributed by atoms with Gasteiger partial charge in [-0.1, -0.05) is 29.3 Å². The van der Waals surface area contributed by atoms with Gasteiger partial charge >= 0.3 is 0 Å². The summed E-state index contributed by atoms with van der Waals surface area (Å²) in [7, 11) is 0. The molecule has 1 rings (SSSR count). The van der Waals surface area contributed by atoms with Crippen molar-refractivity contribution in [3.63, 3.8) is 0 Å². The van der Waals surface area contributed by atoms with Crippen LogP contribution in [0.15, 0.2) is 6.07 Å². The fourth-order valence-electron chi connectivity index (χ4n) is 0.894. The number of aryl methyl sites for hydroxylation is 2. The Morgan fingerprint density at radius 2 is 1.45 bits per heavy atom. The van der Waals surface area contributed by atoms with Gasteiger partial charge in [0.25, 0.3) is 0 Å². The normalized spacial score (nSPS) is 10.3. The van der Waals surface area contributed by atoms with Crippen molar-refractivity contribution >= 4 is 23.2 Å². The first-order valence-corrected chi connectivity index (χ1v) is 3.90. The second-order valence-corrected chi connectivity index (χ2v) is 3.21. The number of hydrogen-bond donors (Lipinski definition) is 0. The summed E-state index contributed by atoms with van der Waals surface area (Å²) in [6, 6.07) is 1.76. The molecule has 0 bridgehead atoms. The smallest absolute Gasteiger partial charge is 0.160 e. The minimum absolute atomic E-state index is 0.112. The zero-order chi connectivity index (χ0) is 8.59. The Hall–Kier alpha value is -0.270. The van der Waals surface area contributed by atoms with Crippen LogP contribution in [0.3, 0.4) is 0 Å². The van der Waals surface area contributed by atoms with E-state index in [0.717, 1.165) is 0 Å². The largest absolute Gasteiger partial charge is 0.204 e. The summed E-state index contributed by atoms with van der Waals surface area (Å²) in [5, 5.41) is 0.223. The van der Waals surface area contributed by atoms with E-state index >= 15 is 0 Å². The Kier molecular flexibility index (Phi) is 2.40. The van der Waals surface area contributed by atoms with E-state index in [-0.39, 0.29) is 10.0 Å². The summed E-state index contributed by atoms with van der Waals surface area (Å²) in [5.74, 6) is -0.522. The summed E-state index contributed by atoms with van der Waals surface area (Å²) in [6.07, 6.45) is 0. The van der Waals surface area contributed by atoms with E-state index in [4.69, 9.17) is 23.2 Å². The van der Waals surface area contributed by atoms with Crippen LogP contribution in [0.25, 0.3) is 0 Å². The molecule has 0 radical (unpaired) electrons. The molecule has 0 unspecified atom stereocenters. The molecule has 0 atom stereocenters. The summed E-state index contributed by atoms with van der Waals surface area (Å²) < 4.78 is 13.0. The fraction of sp³-hybridized carbons (Fsp3) is 0.250. The first kappa shape index (κ1) is 8.82. The van der Waals surface area contributed by atoms with Gasteiger partial charge in [0.2, 0.25) is 0 Å². The predicted octanol–water partition coefficient (Wildman–Crippen LogP) is 3.75. The quantitative estimate of drug-likeness (QED) is 0.550. The zero-order valence-electron chi connectivity index (χ0n) is 6.21. The van der Waals surface area contributed by atoms with Gasteiger partial charge in [0.1, 0.15) is 0 Å². The molecule has 1 aromatic carbocycles. The van der Waals surface area contributed by atoms with Gasteiger partial charge in [-0.2, -0.15) is 0 Å². The van der Waals surface area contributed by atoms with Crippen LogP contribution in [0.2, 0.25) is 10.0 Å². The molecule has 0 aliphatic heterocycles. The lowest BCUT2D eigenvalue weighted by Gasteiger charge is -2.04. The molecule has 60 valence electrons. The van der Waals surface area contributed by atoms with Crippen molar-refractivity contribution in [3.8, 4) is 0 Å². The molecule has 1 aromatic rings. The molecule has 0 heterocycles. The third-order valence-electron chi connectivity index (χ3n) is 1.51. The lowest BCUT2D eigenvalue weighted by molar-refractivity contribution is 0.626. The Morgan fingerprint density at radius 1 is 1.09 bits per heavy atom. The van der Waals surface area contributed by atoms with E-state index in [2.05, 4.69) is 0 Å². The van der Waals surface area contributed by atoms with Gasteiger partial charge in [0.05, 0.1) is 10.0 Å². The molecule has 0 N–H and O–H groups in total. The maximum Gasteiger partial charge on any atom is 0.160 e. The van der Waals surface area contributed by atoms with Crippen molar-refractivity contribution in [3.05, 3.63) is 33.1 Å². The first-order valence-electron chi connectivity index (χ1n) is 3.14. The average Bonchev–Trinajstić information content (AvgIpc) is 1.97. The van der Waals surface area contributed by atoms with Crippen LogP contribution in [0.5, 0.6) is 0 Å². The highest BCUT2D eigenvalue weighted by molar-refractivity contribution is 6.35. The highest BCUT2D eigenvalue weighted by atomic mass is 35.5. The molecule has 3 heteroatoms. The SMILES string of the molecule is Cc1cc(C)c(Cl)c(F)c1Cl. The second kappa shape index (κ2) is 3.00. The van der Waals surface area contributed by atoms with Gasteiger partial charge in [-0.15, -0.1) is 0 Å². The summed E-state index contributed by atoms with van der Waals surface area (Å²) in [6.45, 7) is 3.49. The van der Waals surface area contributed by atoms with E-state index < -0.39 is 5.82 Å². The van der Waals surface area contributed by atoms with Gasteiger partial charge in [-0.05, 0) is 25.0 Å². The third kappa shape index (κ3) is 1.49. The molecule has 11 heavy (non-hydrogen) atoms. The van der Waals surface area contributed by atoms with E-state index in [1.165, 1.54) is 0 Å². The summed E-state index contributed by atoms with van der Waals surface area (Å²) >= 11 is 11.2. The van der Waals surface area contributed by atoms with Crippen molar-refractivity contribution in [2.45, 2.75) is 13.8 Å². The van der Waals surface area contributed by atoms with Crippen LogP contribution in [-0.2, 0) is 0 Å². The molecule has 0 spiro atoms.